The maximum Gasteiger partial charge on any atom is 0.338 e. The Hall–Kier alpha value is -3.26. The molecule has 8 heteroatoms. The van der Waals surface area contributed by atoms with Gasteiger partial charge in [0.05, 0.1) is 11.1 Å². The van der Waals surface area contributed by atoms with Crippen molar-refractivity contribution in [2.24, 2.45) is 5.73 Å². The number of aromatic nitrogens is 3. The lowest BCUT2D eigenvalue weighted by atomic mass is 10.0. The average molecular weight is 326 g/mol. The smallest absolute Gasteiger partial charge is 0.338 e. The molecular weight excluding hydrogens is 312 g/mol. The number of H-pyrrole nitrogens is 1. The standard InChI is InChI=1S/C16H14N4O4/c17-12(16(23)24)4-8-5-18-13-10(8)2-1-3-11(13)14-19-6-9(7-20-14)15(21)22/h1-3,5-7,12,18H,4,17H2,(H,21,22)(H,23,24)/t12-/m0/s1. The van der Waals surface area contributed by atoms with Gasteiger partial charge in [-0.25, -0.2) is 14.8 Å². The van der Waals surface area contributed by atoms with Crippen molar-refractivity contribution in [1.29, 1.82) is 0 Å². The fraction of sp³-hybridized carbons (Fsp3) is 0.125. The fourth-order valence-electron chi connectivity index (χ4n) is 2.47. The predicted molar refractivity (Wildman–Crippen MR) is 85.6 cm³/mol. The summed E-state index contributed by atoms with van der Waals surface area (Å²) < 4.78 is 0. The molecule has 5 N–H and O–H groups in total. The van der Waals surface area contributed by atoms with E-state index in [9.17, 15) is 9.59 Å². The van der Waals surface area contributed by atoms with Gasteiger partial charge in [0.15, 0.2) is 5.82 Å². The van der Waals surface area contributed by atoms with Gasteiger partial charge in [-0.1, -0.05) is 12.1 Å². The van der Waals surface area contributed by atoms with Crippen molar-refractivity contribution >= 4 is 22.8 Å². The largest absolute Gasteiger partial charge is 0.480 e. The van der Waals surface area contributed by atoms with Gasteiger partial charge >= 0.3 is 11.9 Å². The minimum atomic E-state index is -1.09. The number of para-hydroxylation sites is 1. The van der Waals surface area contributed by atoms with Crippen LogP contribution in [0.3, 0.4) is 0 Å². The fourth-order valence-corrected chi connectivity index (χ4v) is 2.47. The third-order valence-electron chi connectivity index (χ3n) is 3.70. The lowest BCUT2D eigenvalue weighted by Crippen LogP contribution is -2.32. The number of nitrogens with two attached hydrogens (primary N) is 1. The molecule has 0 fully saturated rings. The number of aromatic carboxylic acids is 1. The van der Waals surface area contributed by atoms with Gasteiger partial charge in [0.2, 0.25) is 0 Å². The number of hydrogen-bond acceptors (Lipinski definition) is 5. The second-order valence-electron chi connectivity index (χ2n) is 5.29. The number of nitrogens with one attached hydrogen (secondary N) is 1. The van der Waals surface area contributed by atoms with E-state index in [-0.39, 0.29) is 12.0 Å². The Labute approximate surface area is 136 Å². The van der Waals surface area contributed by atoms with E-state index in [0.717, 1.165) is 16.5 Å². The van der Waals surface area contributed by atoms with Crippen LogP contribution in [0.5, 0.6) is 0 Å². The Kier molecular flexibility index (Phi) is 3.97. The highest BCUT2D eigenvalue weighted by atomic mass is 16.4. The van der Waals surface area contributed by atoms with Crippen LogP contribution in [-0.2, 0) is 11.2 Å². The zero-order valence-corrected chi connectivity index (χ0v) is 12.4. The minimum Gasteiger partial charge on any atom is -0.480 e. The summed E-state index contributed by atoms with van der Waals surface area (Å²) in [6.45, 7) is 0. The Morgan fingerprint density at radius 3 is 2.54 bits per heavy atom. The molecule has 0 unspecified atom stereocenters. The molecule has 0 spiro atoms. The zero-order valence-electron chi connectivity index (χ0n) is 12.4. The van der Waals surface area contributed by atoms with E-state index in [1.807, 2.05) is 6.07 Å². The molecule has 0 bridgehead atoms. The van der Waals surface area contributed by atoms with E-state index < -0.39 is 18.0 Å². The van der Waals surface area contributed by atoms with E-state index in [0.29, 0.717) is 11.4 Å². The highest BCUT2D eigenvalue weighted by Gasteiger charge is 2.17. The zero-order chi connectivity index (χ0) is 17.3. The van der Waals surface area contributed by atoms with Crippen LogP contribution in [0.15, 0.2) is 36.8 Å². The SMILES string of the molecule is N[C@@H](Cc1c[nH]c2c(-c3ncc(C(=O)O)cn3)cccc12)C(=O)O. The molecule has 122 valence electrons. The second-order valence-corrected chi connectivity index (χ2v) is 5.29. The summed E-state index contributed by atoms with van der Waals surface area (Å²) in [7, 11) is 0. The summed E-state index contributed by atoms with van der Waals surface area (Å²) in [6.07, 6.45) is 4.39. The van der Waals surface area contributed by atoms with Crippen LogP contribution in [0.25, 0.3) is 22.3 Å². The first kappa shape index (κ1) is 15.6. The Balaban J connectivity index is 2.02. The number of aromatic amines is 1. The van der Waals surface area contributed by atoms with Crippen LogP contribution in [0.2, 0.25) is 0 Å². The first-order valence-electron chi connectivity index (χ1n) is 7.10. The van der Waals surface area contributed by atoms with E-state index in [1.54, 1.807) is 18.3 Å². The lowest BCUT2D eigenvalue weighted by molar-refractivity contribution is -0.138. The van der Waals surface area contributed by atoms with Crippen molar-refractivity contribution in [2.75, 3.05) is 0 Å². The second kappa shape index (κ2) is 6.09. The molecular formula is C16H14N4O4. The maximum atomic E-state index is 10.9. The molecule has 0 saturated carbocycles. The van der Waals surface area contributed by atoms with Crippen LogP contribution in [0, 0.1) is 0 Å². The lowest BCUT2D eigenvalue weighted by Gasteiger charge is -2.06. The van der Waals surface area contributed by atoms with Crippen LogP contribution in [0.4, 0.5) is 0 Å². The van der Waals surface area contributed by atoms with Crippen LogP contribution in [0.1, 0.15) is 15.9 Å². The van der Waals surface area contributed by atoms with Gasteiger partial charge in [0, 0.05) is 36.0 Å². The number of rotatable bonds is 5. The van der Waals surface area contributed by atoms with Crippen LogP contribution >= 0.6 is 0 Å². The molecule has 1 atom stereocenters. The normalized spacial score (nSPS) is 12.2. The quantitative estimate of drug-likeness (QED) is 0.553. The van der Waals surface area contributed by atoms with E-state index >= 15 is 0 Å². The number of carbonyl (C=O) groups is 2. The van der Waals surface area contributed by atoms with E-state index in [1.165, 1.54) is 12.4 Å². The molecule has 0 aliphatic rings. The summed E-state index contributed by atoms with van der Waals surface area (Å²) in [6, 6.07) is 4.47. The molecule has 8 nitrogen and oxygen atoms in total. The predicted octanol–water partition coefficient (Wildman–Crippen LogP) is 1.28. The Morgan fingerprint density at radius 2 is 1.92 bits per heavy atom. The van der Waals surface area contributed by atoms with Gasteiger partial charge in [-0.3, -0.25) is 4.79 Å². The topological polar surface area (TPSA) is 142 Å². The summed E-state index contributed by atoms with van der Waals surface area (Å²) >= 11 is 0. The van der Waals surface area contributed by atoms with Gasteiger partial charge in [-0.2, -0.15) is 0 Å². The van der Waals surface area contributed by atoms with Crippen molar-refractivity contribution in [1.82, 2.24) is 15.0 Å². The number of carboxylic acids is 2. The number of hydrogen-bond donors (Lipinski definition) is 4. The first-order chi connectivity index (χ1) is 11.5. The molecule has 1 aromatic carbocycles. The molecule has 0 aliphatic heterocycles. The summed E-state index contributed by atoms with van der Waals surface area (Å²) in [5.41, 5.74) is 7.82. The van der Waals surface area contributed by atoms with Gasteiger partial charge < -0.3 is 20.9 Å². The van der Waals surface area contributed by atoms with Crippen LogP contribution in [-0.4, -0.2) is 43.1 Å². The number of benzene rings is 1. The molecule has 3 aromatic rings. The van der Waals surface area contributed by atoms with Crippen LogP contribution < -0.4 is 5.73 Å². The van der Waals surface area contributed by atoms with E-state index in [4.69, 9.17) is 15.9 Å². The Bertz CT molecular complexity index is 917. The number of nitrogens with zero attached hydrogens (tertiary/aromatic N) is 2. The average Bonchev–Trinajstić information content (AvgIpc) is 2.98. The number of aliphatic carboxylic acids is 1. The van der Waals surface area contributed by atoms with Gasteiger partial charge in [-0.05, 0) is 11.6 Å². The van der Waals surface area contributed by atoms with Crippen molar-refractivity contribution in [3.8, 4) is 11.4 Å². The summed E-state index contributed by atoms with van der Waals surface area (Å²) in [4.78, 5) is 33.1. The highest BCUT2D eigenvalue weighted by Crippen LogP contribution is 2.28. The third-order valence-corrected chi connectivity index (χ3v) is 3.70. The third kappa shape index (κ3) is 2.82. The van der Waals surface area contributed by atoms with Crippen molar-refractivity contribution in [2.45, 2.75) is 12.5 Å². The summed E-state index contributed by atoms with van der Waals surface area (Å²) in [5, 5.41) is 18.7. The van der Waals surface area contributed by atoms with Gasteiger partial charge in [0.25, 0.3) is 0 Å². The monoisotopic (exact) mass is 326 g/mol. The number of carboxylic acid groups (broad SMARTS) is 2. The maximum absolute atomic E-state index is 10.9. The molecule has 2 aromatic heterocycles. The summed E-state index contributed by atoms with van der Waals surface area (Å²) in [5.74, 6) is -1.78. The molecule has 0 saturated heterocycles. The van der Waals surface area contributed by atoms with Crippen molar-refractivity contribution < 1.29 is 19.8 Å². The van der Waals surface area contributed by atoms with E-state index in [2.05, 4.69) is 15.0 Å². The molecule has 2 heterocycles. The molecule has 3 rings (SSSR count). The number of fused-ring (bicyclic) bond motifs is 1. The molecule has 0 amide bonds. The van der Waals surface area contributed by atoms with Crippen molar-refractivity contribution in [3.63, 3.8) is 0 Å². The molecule has 0 radical (unpaired) electrons. The van der Waals surface area contributed by atoms with Crippen molar-refractivity contribution in [3.05, 3.63) is 47.9 Å². The Morgan fingerprint density at radius 1 is 1.21 bits per heavy atom. The van der Waals surface area contributed by atoms with Gasteiger partial charge in [0.1, 0.15) is 6.04 Å². The van der Waals surface area contributed by atoms with Gasteiger partial charge in [-0.15, -0.1) is 0 Å². The highest BCUT2D eigenvalue weighted by molar-refractivity contribution is 5.95. The molecule has 24 heavy (non-hydrogen) atoms. The minimum absolute atomic E-state index is 0.00512. The first-order valence-corrected chi connectivity index (χ1v) is 7.10. The molecule has 0 aliphatic carbocycles.